The first kappa shape index (κ1) is 11.9. The summed E-state index contributed by atoms with van der Waals surface area (Å²) in [6.07, 6.45) is 4.43. The van der Waals surface area contributed by atoms with Gasteiger partial charge >= 0.3 is 0 Å². The summed E-state index contributed by atoms with van der Waals surface area (Å²) in [7, 11) is 2.01. The number of anilines is 1. The van der Waals surface area contributed by atoms with Crippen LogP contribution >= 0.6 is 15.9 Å². The maximum Gasteiger partial charge on any atom is 0.129 e. The number of aromatic nitrogens is 1. The van der Waals surface area contributed by atoms with Crippen LogP contribution in [-0.2, 0) is 0 Å². The third-order valence-corrected chi connectivity index (χ3v) is 3.97. The third kappa shape index (κ3) is 2.38. The molecule has 88 valence electrons. The molecule has 16 heavy (non-hydrogen) atoms. The van der Waals surface area contributed by atoms with Crippen LogP contribution < -0.4 is 10.2 Å². The van der Waals surface area contributed by atoms with Crippen molar-refractivity contribution < 1.29 is 0 Å². The van der Waals surface area contributed by atoms with Crippen LogP contribution in [0.25, 0.3) is 0 Å². The van der Waals surface area contributed by atoms with E-state index < -0.39 is 0 Å². The topological polar surface area (TPSA) is 28.2 Å². The summed E-state index contributed by atoms with van der Waals surface area (Å²) in [5, 5.41) is 3.26. The summed E-state index contributed by atoms with van der Waals surface area (Å²) in [5.74, 6) is 1.11. The molecule has 1 unspecified atom stereocenters. The number of nitrogens with zero attached hydrogens (tertiary/aromatic N) is 2. The van der Waals surface area contributed by atoms with Gasteiger partial charge in [-0.05, 0) is 54.4 Å². The van der Waals surface area contributed by atoms with Crippen molar-refractivity contribution in [1.29, 1.82) is 0 Å². The quantitative estimate of drug-likeness (QED) is 0.923. The highest BCUT2D eigenvalue weighted by Crippen LogP contribution is 2.26. The Bertz CT molecular complexity index is 367. The van der Waals surface area contributed by atoms with Crippen LogP contribution in [0.3, 0.4) is 0 Å². The highest BCUT2D eigenvalue weighted by atomic mass is 79.9. The van der Waals surface area contributed by atoms with Gasteiger partial charge in [-0.2, -0.15) is 0 Å². The highest BCUT2D eigenvalue weighted by molar-refractivity contribution is 9.10. The van der Waals surface area contributed by atoms with E-state index in [0.29, 0.717) is 6.04 Å². The van der Waals surface area contributed by atoms with Crippen LogP contribution in [0.5, 0.6) is 0 Å². The maximum atomic E-state index is 4.50. The van der Waals surface area contributed by atoms with E-state index in [0.717, 1.165) is 23.4 Å². The number of halogens is 1. The van der Waals surface area contributed by atoms with Crippen LogP contribution in [-0.4, -0.2) is 31.2 Å². The van der Waals surface area contributed by atoms with E-state index in [1.807, 2.05) is 13.2 Å². The second kappa shape index (κ2) is 5.15. The van der Waals surface area contributed by atoms with Crippen molar-refractivity contribution in [3.63, 3.8) is 0 Å². The third-order valence-electron chi connectivity index (χ3n) is 3.14. The Balaban J connectivity index is 2.19. The van der Waals surface area contributed by atoms with E-state index >= 15 is 0 Å². The van der Waals surface area contributed by atoms with Gasteiger partial charge in [0, 0.05) is 29.8 Å². The Hall–Kier alpha value is -0.610. The molecule has 1 fully saturated rings. The Morgan fingerprint density at radius 1 is 1.62 bits per heavy atom. The lowest BCUT2D eigenvalue weighted by Gasteiger charge is -2.25. The van der Waals surface area contributed by atoms with Gasteiger partial charge in [0.2, 0.25) is 0 Å². The van der Waals surface area contributed by atoms with E-state index in [1.165, 1.54) is 18.4 Å². The molecule has 2 rings (SSSR count). The lowest BCUT2D eigenvalue weighted by molar-refractivity contribution is 0.611. The first-order valence-corrected chi connectivity index (χ1v) is 6.55. The Labute approximate surface area is 105 Å². The minimum Gasteiger partial charge on any atom is -0.352 e. The molecule has 0 bridgehead atoms. The van der Waals surface area contributed by atoms with E-state index in [2.05, 4.69) is 44.1 Å². The fraction of sp³-hybridized carbons (Fsp3) is 0.583. The molecule has 0 amide bonds. The molecule has 1 aliphatic heterocycles. The molecule has 2 heterocycles. The average molecular weight is 284 g/mol. The summed E-state index contributed by atoms with van der Waals surface area (Å²) in [5.41, 5.74) is 1.25. The van der Waals surface area contributed by atoms with Crippen LogP contribution in [0.2, 0.25) is 0 Å². The standard InChI is InChI=1S/C12H18BrN3/c1-9-6-12(15-8-11(9)13)16-5-3-4-10(16)7-14-2/h6,8,10,14H,3-5,7H2,1-2H3. The maximum absolute atomic E-state index is 4.50. The van der Waals surface area contributed by atoms with Crippen LogP contribution in [0.15, 0.2) is 16.7 Å². The number of hydrogen-bond acceptors (Lipinski definition) is 3. The van der Waals surface area contributed by atoms with Crippen molar-refractivity contribution >= 4 is 21.7 Å². The predicted octanol–water partition coefficient (Wildman–Crippen LogP) is 2.34. The van der Waals surface area contributed by atoms with Crippen molar-refractivity contribution in [2.75, 3.05) is 25.0 Å². The zero-order valence-electron chi connectivity index (χ0n) is 9.83. The van der Waals surface area contributed by atoms with Crippen LogP contribution in [0.4, 0.5) is 5.82 Å². The zero-order valence-corrected chi connectivity index (χ0v) is 11.4. The van der Waals surface area contributed by atoms with Crippen LogP contribution in [0, 0.1) is 6.92 Å². The molecular weight excluding hydrogens is 266 g/mol. The fourth-order valence-corrected chi connectivity index (χ4v) is 2.48. The summed E-state index contributed by atoms with van der Waals surface area (Å²) >= 11 is 3.49. The number of rotatable bonds is 3. The van der Waals surface area contributed by atoms with Crippen molar-refractivity contribution in [1.82, 2.24) is 10.3 Å². The van der Waals surface area contributed by atoms with Crippen molar-refractivity contribution in [3.05, 3.63) is 22.3 Å². The van der Waals surface area contributed by atoms with E-state index in [1.54, 1.807) is 0 Å². The lowest BCUT2D eigenvalue weighted by Crippen LogP contribution is -2.37. The SMILES string of the molecule is CNCC1CCCN1c1cc(C)c(Br)cn1. The Kier molecular flexibility index (Phi) is 3.82. The van der Waals surface area contributed by atoms with Gasteiger partial charge in [0.05, 0.1) is 0 Å². The van der Waals surface area contributed by atoms with Gasteiger partial charge < -0.3 is 10.2 Å². The molecule has 0 spiro atoms. The lowest BCUT2D eigenvalue weighted by atomic mass is 10.2. The van der Waals surface area contributed by atoms with E-state index in [9.17, 15) is 0 Å². The number of aryl methyl sites for hydroxylation is 1. The van der Waals surface area contributed by atoms with Crippen molar-refractivity contribution in [3.8, 4) is 0 Å². The summed E-state index contributed by atoms with van der Waals surface area (Å²) in [6.45, 7) is 4.27. The van der Waals surface area contributed by atoms with Gasteiger partial charge in [-0.15, -0.1) is 0 Å². The molecule has 0 aliphatic carbocycles. The monoisotopic (exact) mass is 283 g/mol. The fourth-order valence-electron chi connectivity index (χ4n) is 2.27. The molecular formula is C12H18BrN3. The molecule has 4 heteroatoms. The molecule has 0 radical (unpaired) electrons. The molecule has 0 aromatic carbocycles. The molecule has 1 aromatic rings. The van der Waals surface area contributed by atoms with Gasteiger partial charge in [-0.1, -0.05) is 0 Å². The number of nitrogens with one attached hydrogen (secondary N) is 1. The molecule has 1 N–H and O–H groups in total. The Morgan fingerprint density at radius 2 is 2.44 bits per heavy atom. The average Bonchev–Trinajstić information content (AvgIpc) is 2.71. The Morgan fingerprint density at radius 3 is 3.12 bits per heavy atom. The molecule has 1 atom stereocenters. The highest BCUT2D eigenvalue weighted by Gasteiger charge is 2.24. The smallest absolute Gasteiger partial charge is 0.129 e. The number of hydrogen-bond donors (Lipinski definition) is 1. The summed E-state index contributed by atoms with van der Waals surface area (Å²) < 4.78 is 1.08. The molecule has 0 saturated carbocycles. The van der Waals surface area contributed by atoms with Crippen molar-refractivity contribution in [2.45, 2.75) is 25.8 Å². The molecule has 1 aliphatic rings. The summed E-state index contributed by atoms with van der Waals surface area (Å²) in [4.78, 5) is 6.92. The normalized spacial score (nSPS) is 20.4. The van der Waals surface area contributed by atoms with Gasteiger partial charge in [-0.25, -0.2) is 4.98 Å². The zero-order chi connectivity index (χ0) is 11.5. The largest absolute Gasteiger partial charge is 0.352 e. The predicted molar refractivity (Wildman–Crippen MR) is 71.0 cm³/mol. The molecule has 1 aromatic heterocycles. The second-order valence-corrected chi connectivity index (χ2v) is 5.19. The van der Waals surface area contributed by atoms with Gasteiger partial charge in [-0.3, -0.25) is 0 Å². The molecule has 3 nitrogen and oxygen atoms in total. The first-order valence-electron chi connectivity index (χ1n) is 5.75. The minimum absolute atomic E-state index is 0.595. The van der Waals surface area contributed by atoms with Crippen molar-refractivity contribution in [2.24, 2.45) is 0 Å². The minimum atomic E-state index is 0.595. The first-order chi connectivity index (χ1) is 7.72. The van der Waals surface area contributed by atoms with Crippen LogP contribution in [0.1, 0.15) is 18.4 Å². The number of pyridine rings is 1. The molecule has 1 saturated heterocycles. The van der Waals surface area contributed by atoms with E-state index in [4.69, 9.17) is 0 Å². The van der Waals surface area contributed by atoms with Gasteiger partial charge in [0.15, 0.2) is 0 Å². The summed E-state index contributed by atoms with van der Waals surface area (Å²) in [6, 6.07) is 2.76. The van der Waals surface area contributed by atoms with Gasteiger partial charge in [0.25, 0.3) is 0 Å². The number of likely N-dealkylation sites (N-methyl/N-ethyl adjacent to an activating group) is 1. The van der Waals surface area contributed by atoms with E-state index in [-0.39, 0.29) is 0 Å². The second-order valence-electron chi connectivity index (χ2n) is 4.34. The van der Waals surface area contributed by atoms with Gasteiger partial charge in [0.1, 0.15) is 5.82 Å².